The number of aromatic nitrogens is 2. The van der Waals surface area contributed by atoms with Crippen LogP contribution in [0.2, 0.25) is 0 Å². The van der Waals surface area contributed by atoms with Crippen molar-refractivity contribution >= 4 is 0 Å². The third-order valence-corrected chi connectivity index (χ3v) is 1.62. The summed E-state index contributed by atoms with van der Waals surface area (Å²) in [5, 5.41) is 3.79. The minimum Gasteiger partial charge on any atom is -0.339 e. The molecule has 0 saturated heterocycles. The summed E-state index contributed by atoms with van der Waals surface area (Å²) < 4.78 is 5.00. The van der Waals surface area contributed by atoms with Gasteiger partial charge in [0.25, 0.3) is 0 Å². The minimum absolute atomic E-state index is 0.576. The van der Waals surface area contributed by atoms with Crippen LogP contribution in [0.5, 0.6) is 0 Å². The number of hydrogen-bond donors (Lipinski definition) is 1. The molecule has 68 valence electrons. The van der Waals surface area contributed by atoms with E-state index in [0.29, 0.717) is 13.0 Å². The molecule has 0 fully saturated rings. The molecule has 0 aliphatic rings. The standard InChI is InChI=1S/C8H15N3O/c1-2-3-4-8-10-7(5-6-9)11-12-8/h2-6,9H2,1H3. The summed E-state index contributed by atoms with van der Waals surface area (Å²) in [6.45, 7) is 2.71. The Kier molecular flexibility index (Phi) is 3.73. The monoisotopic (exact) mass is 169 g/mol. The van der Waals surface area contributed by atoms with Crippen molar-refractivity contribution in [2.75, 3.05) is 6.54 Å². The van der Waals surface area contributed by atoms with Crippen molar-refractivity contribution in [1.29, 1.82) is 0 Å². The lowest BCUT2D eigenvalue weighted by Crippen LogP contribution is -2.03. The van der Waals surface area contributed by atoms with Gasteiger partial charge in [0.05, 0.1) is 0 Å². The Bertz CT molecular complexity index is 222. The first-order chi connectivity index (χ1) is 5.86. The predicted octanol–water partition coefficient (Wildman–Crippen LogP) is 0.913. The zero-order valence-corrected chi connectivity index (χ0v) is 7.42. The second-order valence-electron chi connectivity index (χ2n) is 2.75. The van der Waals surface area contributed by atoms with Crippen LogP contribution in [0.25, 0.3) is 0 Å². The topological polar surface area (TPSA) is 64.9 Å². The van der Waals surface area contributed by atoms with E-state index in [-0.39, 0.29) is 0 Å². The van der Waals surface area contributed by atoms with Gasteiger partial charge in [-0.1, -0.05) is 18.5 Å². The van der Waals surface area contributed by atoms with Crippen LogP contribution in [-0.4, -0.2) is 16.7 Å². The van der Waals surface area contributed by atoms with Crippen LogP contribution in [0.4, 0.5) is 0 Å². The van der Waals surface area contributed by atoms with Gasteiger partial charge in [0.2, 0.25) is 5.89 Å². The van der Waals surface area contributed by atoms with Gasteiger partial charge in [-0.05, 0) is 13.0 Å². The van der Waals surface area contributed by atoms with Crippen LogP contribution in [0.3, 0.4) is 0 Å². The van der Waals surface area contributed by atoms with Crippen molar-refractivity contribution in [2.45, 2.75) is 32.6 Å². The van der Waals surface area contributed by atoms with Gasteiger partial charge in [0.1, 0.15) is 0 Å². The molecule has 2 N–H and O–H groups in total. The fourth-order valence-electron chi connectivity index (χ4n) is 0.950. The quantitative estimate of drug-likeness (QED) is 0.711. The van der Waals surface area contributed by atoms with Crippen LogP contribution in [0, 0.1) is 0 Å². The summed E-state index contributed by atoms with van der Waals surface area (Å²) in [5.74, 6) is 1.46. The first-order valence-electron chi connectivity index (χ1n) is 4.38. The molecule has 0 aliphatic carbocycles. The molecule has 0 radical (unpaired) electrons. The van der Waals surface area contributed by atoms with Crippen LogP contribution >= 0.6 is 0 Å². The van der Waals surface area contributed by atoms with Crippen molar-refractivity contribution in [1.82, 2.24) is 10.1 Å². The molecular weight excluding hydrogens is 154 g/mol. The Hall–Kier alpha value is -0.900. The molecule has 12 heavy (non-hydrogen) atoms. The Morgan fingerprint density at radius 3 is 2.92 bits per heavy atom. The van der Waals surface area contributed by atoms with E-state index >= 15 is 0 Å². The first-order valence-corrected chi connectivity index (χ1v) is 4.38. The number of aryl methyl sites for hydroxylation is 1. The van der Waals surface area contributed by atoms with Crippen LogP contribution in [0.1, 0.15) is 31.5 Å². The van der Waals surface area contributed by atoms with Gasteiger partial charge in [0, 0.05) is 12.8 Å². The molecular formula is C8H15N3O. The summed E-state index contributed by atoms with van der Waals surface area (Å²) >= 11 is 0. The van der Waals surface area contributed by atoms with E-state index in [1.165, 1.54) is 0 Å². The highest BCUT2D eigenvalue weighted by molar-refractivity contribution is 4.86. The SMILES string of the molecule is CCCCc1nc(CCN)no1. The Morgan fingerprint density at radius 2 is 2.25 bits per heavy atom. The Labute approximate surface area is 72.1 Å². The summed E-state index contributed by atoms with van der Waals surface area (Å²) in [6, 6.07) is 0. The second-order valence-corrected chi connectivity index (χ2v) is 2.75. The molecule has 0 saturated carbocycles. The van der Waals surface area contributed by atoms with Crippen molar-refractivity contribution < 1.29 is 4.52 Å². The lowest BCUT2D eigenvalue weighted by atomic mass is 10.2. The molecule has 1 aromatic rings. The predicted molar refractivity (Wildman–Crippen MR) is 45.7 cm³/mol. The molecule has 1 aromatic heterocycles. The molecule has 4 heteroatoms. The average Bonchev–Trinajstić information content (AvgIpc) is 2.50. The van der Waals surface area contributed by atoms with Crippen molar-refractivity contribution in [3.63, 3.8) is 0 Å². The van der Waals surface area contributed by atoms with Gasteiger partial charge in [-0.3, -0.25) is 0 Å². The number of nitrogens with two attached hydrogens (primary N) is 1. The molecule has 4 nitrogen and oxygen atoms in total. The van der Waals surface area contributed by atoms with Gasteiger partial charge in [-0.15, -0.1) is 0 Å². The summed E-state index contributed by atoms with van der Waals surface area (Å²) in [4.78, 5) is 4.18. The van der Waals surface area contributed by atoms with E-state index in [2.05, 4.69) is 17.1 Å². The lowest BCUT2D eigenvalue weighted by Gasteiger charge is -1.88. The lowest BCUT2D eigenvalue weighted by molar-refractivity contribution is 0.370. The molecule has 1 heterocycles. The van der Waals surface area contributed by atoms with E-state index in [1.807, 2.05) is 0 Å². The van der Waals surface area contributed by atoms with Crippen LogP contribution in [0.15, 0.2) is 4.52 Å². The van der Waals surface area contributed by atoms with Gasteiger partial charge in [0.15, 0.2) is 5.82 Å². The van der Waals surface area contributed by atoms with Crippen LogP contribution in [-0.2, 0) is 12.8 Å². The van der Waals surface area contributed by atoms with E-state index in [0.717, 1.165) is 31.0 Å². The van der Waals surface area contributed by atoms with E-state index in [9.17, 15) is 0 Å². The number of rotatable bonds is 5. The first kappa shape index (κ1) is 9.19. The largest absolute Gasteiger partial charge is 0.339 e. The van der Waals surface area contributed by atoms with Crippen molar-refractivity contribution in [3.8, 4) is 0 Å². The Morgan fingerprint density at radius 1 is 1.42 bits per heavy atom. The highest BCUT2D eigenvalue weighted by Crippen LogP contribution is 2.02. The maximum Gasteiger partial charge on any atom is 0.226 e. The van der Waals surface area contributed by atoms with Gasteiger partial charge >= 0.3 is 0 Å². The summed E-state index contributed by atoms with van der Waals surface area (Å²) in [7, 11) is 0. The van der Waals surface area contributed by atoms with E-state index in [4.69, 9.17) is 10.3 Å². The molecule has 1 rings (SSSR count). The van der Waals surface area contributed by atoms with Gasteiger partial charge in [-0.25, -0.2) is 0 Å². The second kappa shape index (κ2) is 4.87. The zero-order valence-electron chi connectivity index (χ0n) is 7.42. The highest BCUT2D eigenvalue weighted by Gasteiger charge is 2.03. The smallest absolute Gasteiger partial charge is 0.226 e. The van der Waals surface area contributed by atoms with Crippen molar-refractivity contribution in [2.24, 2.45) is 5.73 Å². The number of nitrogens with zero attached hydrogens (tertiary/aromatic N) is 2. The van der Waals surface area contributed by atoms with Crippen molar-refractivity contribution in [3.05, 3.63) is 11.7 Å². The molecule has 0 amide bonds. The number of hydrogen-bond acceptors (Lipinski definition) is 4. The minimum atomic E-state index is 0.576. The fraction of sp³-hybridized carbons (Fsp3) is 0.750. The normalized spacial score (nSPS) is 10.5. The molecule has 0 aromatic carbocycles. The van der Waals surface area contributed by atoms with Gasteiger partial charge in [-0.2, -0.15) is 4.98 Å². The number of unbranched alkanes of at least 4 members (excludes halogenated alkanes) is 1. The van der Waals surface area contributed by atoms with Gasteiger partial charge < -0.3 is 10.3 Å². The molecule has 0 spiro atoms. The maximum atomic E-state index is 5.35. The average molecular weight is 169 g/mol. The molecule has 0 unspecified atom stereocenters. The van der Waals surface area contributed by atoms with E-state index in [1.54, 1.807) is 0 Å². The Balaban J connectivity index is 2.41. The highest BCUT2D eigenvalue weighted by atomic mass is 16.5. The maximum absolute atomic E-state index is 5.35. The zero-order chi connectivity index (χ0) is 8.81. The van der Waals surface area contributed by atoms with E-state index < -0.39 is 0 Å². The third-order valence-electron chi connectivity index (χ3n) is 1.62. The molecule has 0 atom stereocenters. The summed E-state index contributed by atoms with van der Waals surface area (Å²) in [5.41, 5.74) is 5.35. The molecule has 0 bridgehead atoms. The fourth-order valence-corrected chi connectivity index (χ4v) is 0.950. The summed E-state index contributed by atoms with van der Waals surface area (Å²) in [6.07, 6.45) is 3.84. The van der Waals surface area contributed by atoms with Crippen LogP contribution < -0.4 is 5.73 Å². The molecule has 0 aliphatic heterocycles. The third kappa shape index (κ3) is 2.62.